The van der Waals surface area contributed by atoms with E-state index in [9.17, 15) is 4.79 Å². The third kappa shape index (κ3) is 1.87. The molecule has 0 saturated carbocycles. The maximum atomic E-state index is 11.7. The van der Waals surface area contributed by atoms with Crippen LogP contribution < -0.4 is 4.90 Å². The van der Waals surface area contributed by atoms with Gasteiger partial charge in [-0.1, -0.05) is 15.9 Å². The number of hydrogen-bond acceptors (Lipinski definition) is 3. The number of nitrogens with one attached hydrogen (secondary N) is 1. The van der Waals surface area contributed by atoms with Gasteiger partial charge in [0, 0.05) is 18.3 Å². The molecule has 1 atom stereocenters. The molecule has 7 heteroatoms. The van der Waals surface area contributed by atoms with Crippen molar-refractivity contribution in [3.05, 3.63) is 10.2 Å². The summed E-state index contributed by atoms with van der Waals surface area (Å²) < 4.78 is 0.514. The van der Waals surface area contributed by atoms with Crippen LogP contribution in [-0.4, -0.2) is 28.0 Å². The molecule has 1 fully saturated rings. The predicted molar refractivity (Wildman–Crippen MR) is 65.3 cm³/mol. The first-order valence-corrected chi connectivity index (χ1v) is 6.59. The Morgan fingerprint density at radius 1 is 1.69 bits per heavy atom. The average Bonchev–Trinajstić information content (AvgIpc) is 2.81. The molecule has 1 N–H and O–H groups in total. The van der Waals surface area contributed by atoms with Crippen molar-refractivity contribution in [3.8, 4) is 6.07 Å². The van der Waals surface area contributed by atoms with Crippen LogP contribution in [0, 0.1) is 17.2 Å². The van der Waals surface area contributed by atoms with Crippen molar-refractivity contribution in [2.24, 2.45) is 5.92 Å². The van der Waals surface area contributed by atoms with Crippen molar-refractivity contribution in [1.29, 1.82) is 5.26 Å². The van der Waals surface area contributed by atoms with Gasteiger partial charge in [-0.25, -0.2) is 0 Å². The number of H-pyrrole nitrogens is 1. The second kappa shape index (κ2) is 4.55. The van der Waals surface area contributed by atoms with Gasteiger partial charge in [0.1, 0.15) is 16.2 Å². The molecule has 1 aromatic rings. The summed E-state index contributed by atoms with van der Waals surface area (Å²) in [5.41, 5.74) is 0.378. The van der Waals surface area contributed by atoms with Crippen LogP contribution in [0.15, 0.2) is 4.60 Å². The van der Waals surface area contributed by atoms with Crippen LogP contribution in [0.3, 0.4) is 0 Å². The molecule has 0 spiro atoms. The summed E-state index contributed by atoms with van der Waals surface area (Å²) in [5, 5.41) is 16.4. The minimum Gasteiger partial charge on any atom is -0.294 e. The number of aromatic nitrogens is 2. The van der Waals surface area contributed by atoms with E-state index >= 15 is 0 Å². The number of rotatable bonds is 2. The second-order valence-electron chi connectivity index (χ2n) is 3.58. The molecule has 1 aromatic heterocycles. The number of nitrogens with zero attached hydrogens (tertiary/aromatic N) is 3. The number of aromatic amines is 1. The van der Waals surface area contributed by atoms with Gasteiger partial charge in [-0.2, -0.15) is 10.4 Å². The van der Waals surface area contributed by atoms with Crippen molar-refractivity contribution in [3.63, 3.8) is 0 Å². The normalized spacial score (nSPS) is 20.2. The van der Waals surface area contributed by atoms with E-state index in [0.29, 0.717) is 29.0 Å². The molecule has 0 aliphatic carbocycles. The third-order valence-electron chi connectivity index (χ3n) is 2.49. The first-order valence-electron chi connectivity index (χ1n) is 4.67. The van der Waals surface area contributed by atoms with Crippen molar-refractivity contribution in [2.75, 3.05) is 16.8 Å². The van der Waals surface area contributed by atoms with Crippen molar-refractivity contribution in [1.82, 2.24) is 10.2 Å². The molecule has 5 nitrogen and oxygen atoms in total. The Hall–Kier alpha value is -0.870. The maximum absolute atomic E-state index is 11.7. The van der Waals surface area contributed by atoms with E-state index in [1.165, 1.54) is 0 Å². The number of carbonyl (C=O) groups excluding carboxylic acids is 1. The zero-order chi connectivity index (χ0) is 11.7. The lowest BCUT2D eigenvalue weighted by Crippen LogP contribution is -2.25. The Bertz CT molecular complexity index is 465. The van der Waals surface area contributed by atoms with Crippen LogP contribution in [-0.2, 0) is 4.79 Å². The highest BCUT2D eigenvalue weighted by atomic mass is 79.9. The largest absolute Gasteiger partial charge is 0.294 e. The van der Waals surface area contributed by atoms with Gasteiger partial charge in [0.2, 0.25) is 5.91 Å². The Morgan fingerprint density at radius 2 is 2.44 bits per heavy atom. The molecular weight excluding hydrogens is 340 g/mol. The molecule has 16 heavy (non-hydrogen) atoms. The van der Waals surface area contributed by atoms with E-state index < -0.39 is 0 Å². The van der Waals surface area contributed by atoms with E-state index in [1.54, 1.807) is 4.90 Å². The van der Waals surface area contributed by atoms with Crippen LogP contribution in [0.5, 0.6) is 0 Å². The van der Waals surface area contributed by atoms with Crippen molar-refractivity contribution in [2.45, 2.75) is 6.42 Å². The summed E-state index contributed by atoms with van der Waals surface area (Å²) in [4.78, 5) is 13.3. The third-order valence-corrected chi connectivity index (χ3v) is 3.98. The van der Waals surface area contributed by atoms with Gasteiger partial charge in [-0.15, -0.1) is 0 Å². The SMILES string of the molecule is N#Cc1c(N2CC(CBr)CC2=O)n[nH]c1Br. The number of halogens is 2. The fraction of sp³-hybridized carbons (Fsp3) is 0.444. The van der Waals surface area contributed by atoms with Gasteiger partial charge in [0.25, 0.3) is 0 Å². The van der Waals surface area contributed by atoms with Crippen LogP contribution in [0.4, 0.5) is 5.82 Å². The Labute approximate surface area is 109 Å². The summed E-state index contributed by atoms with van der Waals surface area (Å²) in [5.74, 6) is 0.720. The number of carbonyl (C=O) groups is 1. The molecule has 1 saturated heterocycles. The fourth-order valence-electron chi connectivity index (χ4n) is 1.70. The van der Waals surface area contributed by atoms with Crippen LogP contribution in [0.2, 0.25) is 0 Å². The van der Waals surface area contributed by atoms with E-state index in [2.05, 4.69) is 42.1 Å². The molecule has 84 valence electrons. The summed E-state index contributed by atoms with van der Waals surface area (Å²) in [6, 6.07) is 2.03. The summed E-state index contributed by atoms with van der Waals surface area (Å²) in [7, 11) is 0. The minimum absolute atomic E-state index is 0.0138. The zero-order valence-corrected chi connectivity index (χ0v) is 11.4. The molecule has 1 aliphatic rings. The van der Waals surface area contributed by atoms with Crippen molar-refractivity contribution < 1.29 is 4.79 Å². The van der Waals surface area contributed by atoms with E-state index in [-0.39, 0.29) is 11.8 Å². The molecule has 0 radical (unpaired) electrons. The lowest BCUT2D eigenvalue weighted by atomic mass is 10.2. The zero-order valence-electron chi connectivity index (χ0n) is 8.20. The summed E-state index contributed by atoms with van der Waals surface area (Å²) in [6.45, 7) is 0.607. The molecular formula is C9H8Br2N4O. The van der Waals surface area contributed by atoms with E-state index in [0.717, 1.165) is 5.33 Å². The van der Waals surface area contributed by atoms with Gasteiger partial charge in [0.05, 0.1) is 0 Å². The monoisotopic (exact) mass is 346 g/mol. The van der Waals surface area contributed by atoms with Gasteiger partial charge >= 0.3 is 0 Å². The fourth-order valence-corrected chi connectivity index (χ4v) is 2.48. The second-order valence-corrected chi connectivity index (χ2v) is 5.02. The van der Waals surface area contributed by atoms with Gasteiger partial charge in [-0.05, 0) is 21.8 Å². The molecule has 1 aliphatic heterocycles. The predicted octanol–water partition coefficient (Wildman–Crippen LogP) is 1.79. The standard InChI is InChI=1S/C9H8Br2N4O/c10-2-5-1-7(16)15(4-5)9-6(3-12)8(11)13-14-9/h5H,1-2,4H2,(H,13,14). The summed E-state index contributed by atoms with van der Waals surface area (Å²) >= 11 is 6.55. The lowest BCUT2D eigenvalue weighted by Gasteiger charge is -2.12. The maximum Gasteiger partial charge on any atom is 0.228 e. The molecule has 2 heterocycles. The van der Waals surface area contributed by atoms with Crippen LogP contribution in [0.1, 0.15) is 12.0 Å². The van der Waals surface area contributed by atoms with Gasteiger partial charge in [0.15, 0.2) is 5.82 Å². The molecule has 1 unspecified atom stereocenters. The number of anilines is 1. The highest BCUT2D eigenvalue weighted by molar-refractivity contribution is 9.10. The first-order chi connectivity index (χ1) is 7.67. The Morgan fingerprint density at radius 3 is 3.00 bits per heavy atom. The van der Waals surface area contributed by atoms with Gasteiger partial charge < -0.3 is 0 Å². The molecule has 0 aromatic carbocycles. The first kappa shape index (κ1) is 11.6. The molecule has 0 bridgehead atoms. The highest BCUT2D eigenvalue weighted by Crippen LogP contribution is 2.29. The minimum atomic E-state index is 0.0138. The number of hydrogen-bond donors (Lipinski definition) is 1. The molecule has 1 amide bonds. The highest BCUT2D eigenvalue weighted by Gasteiger charge is 2.33. The van der Waals surface area contributed by atoms with E-state index in [1.807, 2.05) is 6.07 Å². The van der Waals surface area contributed by atoms with Gasteiger partial charge in [-0.3, -0.25) is 14.8 Å². The van der Waals surface area contributed by atoms with Crippen LogP contribution in [0.25, 0.3) is 0 Å². The average molecular weight is 348 g/mol. The van der Waals surface area contributed by atoms with Crippen molar-refractivity contribution >= 4 is 43.6 Å². The number of amides is 1. The quantitative estimate of drug-likeness (QED) is 0.829. The summed E-state index contributed by atoms with van der Waals surface area (Å²) in [6.07, 6.45) is 0.501. The van der Waals surface area contributed by atoms with E-state index in [4.69, 9.17) is 5.26 Å². The smallest absolute Gasteiger partial charge is 0.228 e. The number of nitriles is 1. The lowest BCUT2D eigenvalue weighted by molar-refractivity contribution is -0.117. The topological polar surface area (TPSA) is 72.8 Å². The molecule has 2 rings (SSSR count). The van der Waals surface area contributed by atoms with Crippen LogP contribution >= 0.6 is 31.9 Å². The number of alkyl halides is 1. The Kier molecular flexibility index (Phi) is 3.30. The Balaban J connectivity index is 2.32.